The molecule has 0 N–H and O–H groups in total. The third-order valence-electron chi connectivity index (χ3n) is 8.28. The van der Waals surface area contributed by atoms with Crippen molar-refractivity contribution in [3.05, 3.63) is 70.8 Å². The van der Waals surface area contributed by atoms with Crippen molar-refractivity contribution in [3.8, 4) is 0 Å². The summed E-state index contributed by atoms with van der Waals surface area (Å²) < 4.78 is 4.84. The van der Waals surface area contributed by atoms with Crippen molar-refractivity contribution in [1.29, 1.82) is 0 Å². The number of benzene rings is 2. The van der Waals surface area contributed by atoms with Gasteiger partial charge in [0.2, 0.25) is 0 Å². The molecule has 3 nitrogen and oxygen atoms in total. The molecule has 2 aromatic rings. The van der Waals surface area contributed by atoms with Crippen molar-refractivity contribution in [2.75, 3.05) is 7.11 Å². The number of carbonyl (C=O) groups excluding carboxylic acids is 1. The van der Waals surface area contributed by atoms with Gasteiger partial charge in [-0.25, -0.2) is 0 Å². The number of carbonyl (C=O) groups is 1. The first-order chi connectivity index (χ1) is 15.7. The second-order valence-electron chi connectivity index (χ2n) is 11.0. The summed E-state index contributed by atoms with van der Waals surface area (Å²) >= 11 is 0. The van der Waals surface area contributed by atoms with Gasteiger partial charge in [-0.3, -0.25) is 9.69 Å². The van der Waals surface area contributed by atoms with Crippen LogP contribution in [0.2, 0.25) is 0 Å². The van der Waals surface area contributed by atoms with Crippen LogP contribution < -0.4 is 0 Å². The maximum Gasteiger partial charge on any atom is 0.309 e. The summed E-state index contributed by atoms with van der Waals surface area (Å²) in [4.78, 5) is 14.4. The zero-order valence-electron chi connectivity index (χ0n) is 21.6. The monoisotopic (exact) mass is 449 g/mol. The van der Waals surface area contributed by atoms with E-state index in [9.17, 15) is 4.79 Å². The molecule has 0 heterocycles. The molecular formula is C30H43NO2. The fraction of sp³-hybridized carbons (Fsp3) is 0.567. The van der Waals surface area contributed by atoms with Crippen LogP contribution in [0.1, 0.15) is 82.1 Å². The highest BCUT2D eigenvalue weighted by Crippen LogP contribution is 2.52. The highest BCUT2D eigenvalue weighted by atomic mass is 16.5. The van der Waals surface area contributed by atoms with E-state index >= 15 is 0 Å². The normalized spacial score (nSPS) is 21.2. The average Bonchev–Trinajstić information content (AvgIpc) is 2.80. The maximum atomic E-state index is 11.7. The molecule has 0 aliphatic heterocycles. The Balaban J connectivity index is 1.79. The van der Waals surface area contributed by atoms with Gasteiger partial charge in [0.15, 0.2) is 0 Å². The summed E-state index contributed by atoms with van der Waals surface area (Å²) in [6, 6.07) is 17.9. The van der Waals surface area contributed by atoms with Gasteiger partial charge in [-0.2, -0.15) is 0 Å². The molecule has 0 radical (unpaired) electrons. The van der Waals surface area contributed by atoms with Crippen LogP contribution >= 0.6 is 0 Å². The molecule has 0 unspecified atom stereocenters. The van der Waals surface area contributed by atoms with Crippen LogP contribution in [-0.2, 0) is 29.0 Å². The lowest BCUT2D eigenvalue weighted by atomic mass is 9.57. The molecular weight excluding hydrogens is 406 g/mol. The van der Waals surface area contributed by atoms with Crippen LogP contribution in [-0.4, -0.2) is 24.0 Å². The fourth-order valence-electron chi connectivity index (χ4n) is 5.79. The Morgan fingerprint density at radius 2 is 1.70 bits per heavy atom. The van der Waals surface area contributed by atoms with Gasteiger partial charge in [0.25, 0.3) is 0 Å². The van der Waals surface area contributed by atoms with Gasteiger partial charge in [0, 0.05) is 19.1 Å². The third-order valence-corrected chi connectivity index (χ3v) is 8.28. The minimum atomic E-state index is -0.187. The number of rotatable bonds is 8. The first kappa shape index (κ1) is 25.5. The van der Waals surface area contributed by atoms with Crippen LogP contribution in [0.5, 0.6) is 0 Å². The number of hydrogen-bond acceptors (Lipinski definition) is 3. The Morgan fingerprint density at radius 1 is 1.03 bits per heavy atom. The molecule has 0 amide bonds. The molecule has 1 saturated carbocycles. The van der Waals surface area contributed by atoms with E-state index in [0.29, 0.717) is 23.3 Å². The molecule has 33 heavy (non-hydrogen) atoms. The Bertz CT molecular complexity index is 905. The van der Waals surface area contributed by atoms with Gasteiger partial charge >= 0.3 is 5.97 Å². The zero-order chi connectivity index (χ0) is 24.1. The highest BCUT2D eigenvalue weighted by Gasteiger charge is 2.43. The second-order valence-corrected chi connectivity index (χ2v) is 11.0. The van der Waals surface area contributed by atoms with E-state index in [1.807, 2.05) is 0 Å². The van der Waals surface area contributed by atoms with E-state index in [0.717, 1.165) is 18.7 Å². The molecule has 0 aromatic heterocycles. The van der Waals surface area contributed by atoms with Crippen LogP contribution in [0.25, 0.3) is 0 Å². The van der Waals surface area contributed by atoms with E-state index in [4.69, 9.17) is 4.74 Å². The van der Waals surface area contributed by atoms with Gasteiger partial charge in [-0.05, 0) is 72.1 Å². The molecule has 0 bridgehead atoms. The SMILES string of the molecule is CCC1(C(C)(C)C)CCC(N(Cc2ccccc2)Cc2ccc(CC(=O)OC)cc2C)CC1. The maximum absolute atomic E-state index is 11.7. The average molecular weight is 450 g/mol. The molecule has 1 aliphatic carbocycles. The Kier molecular flexibility index (Phi) is 8.39. The van der Waals surface area contributed by atoms with Gasteiger partial charge < -0.3 is 4.74 Å². The summed E-state index contributed by atoms with van der Waals surface area (Å²) in [6.07, 6.45) is 6.73. The molecule has 1 aliphatic rings. The minimum Gasteiger partial charge on any atom is -0.469 e. The predicted molar refractivity (Wildman–Crippen MR) is 137 cm³/mol. The molecule has 3 heteroatoms. The van der Waals surface area contributed by atoms with Crippen molar-refractivity contribution < 1.29 is 9.53 Å². The smallest absolute Gasteiger partial charge is 0.309 e. The lowest BCUT2D eigenvalue weighted by molar-refractivity contribution is -0.139. The number of aryl methyl sites for hydroxylation is 1. The molecule has 0 atom stereocenters. The van der Waals surface area contributed by atoms with Crippen molar-refractivity contribution in [1.82, 2.24) is 4.90 Å². The number of hydrogen-bond donors (Lipinski definition) is 0. The Hall–Kier alpha value is -2.13. The van der Waals surface area contributed by atoms with E-state index in [1.165, 1.54) is 55.9 Å². The molecule has 0 spiro atoms. The molecule has 3 rings (SSSR count). The van der Waals surface area contributed by atoms with Gasteiger partial charge in [0.1, 0.15) is 0 Å². The molecule has 2 aromatic carbocycles. The first-order valence-corrected chi connectivity index (χ1v) is 12.6. The Labute approximate surface area is 201 Å². The predicted octanol–water partition coefficient (Wildman–Crippen LogP) is 7.10. The lowest BCUT2D eigenvalue weighted by Crippen LogP contribution is -2.44. The van der Waals surface area contributed by atoms with Crippen LogP contribution in [0.15, 0.2) is 48.5 Å². The second kappa shape index (κ2) is 10.9. The van der Waals surface area contributed by atoms with Crippen molar-refractivity contribution in [3.63, 3.8) is 0 Å². The van der Waals surface area contributed by atoms with Gasteiger partial charge in [-0.1, -0.05) is 76.2 Å². The highest BCUT2D eigenvalue weighted by molar-refractivity contribution is 5.72. The van der Waals surface area contributed by atoms with Crippen LogP contribution in [0.4, 0.5) is 0 Å². The summed E-state index contributed by atoms with van der Waals surface area (Å²) in [7, 11) is 1.45. The van der Waals surface area contributed by atoms with Crippen molar-refractivity contribution in [2.45, 2.75) is 92.3 Å². The first-order valence-electron chi connectivity index (χ1n) is 12.6. The minimum absolute atomic E-state index is 0.187. The number of nitrogens with zero attached hydrogens (tertiary/aromatic N) is 1. The van der Waals surface area contributed by atoms with E-state index in [1.54, 1.807) is 0 Å². The fourth-order valence-corrected chi connectivity index (χ4v) is 5.79. The molecule has 0 saturated heterocycles. The van der Waals surface area contributed by atoms with Crippen LogP contribution in [0.3, 0.4) is 0 Å². The number of ether oxygens (including phenoxy) is 1. The molecule has 180 valence electrons. The van der Waals surface area contributed by atoms with Crippen molar-refractivity contribution >= 4 is 5.97 Å². The van der Waals surface area contributed by atoms with E-state index in [-0.39, 0.29) is 5.97 Å². The van der Waals surface area contributed by atoms with Crippen molar-refractivity contribution in [2.24, 2.45) is 10.8 Å². The summed E-state index contributed by atoms with van der Waals surface area (Å²) in [6.45, 7) is 13.8. The van der Waals surface area contributed by atoms with Gasteiger partial charge in [-0.15, -0.1) is 0 Å². The third kappa shape index (κ3) is 6.26. The topological polar surface area (TPSA) is 29.5 Å². The summed E-state index contributed by atoms with van der Waals surface area (Å²) in [5.41, 5.74) is 5.80. The summed E-state index contributed by atoms with van der Waals surface area (Å²) in [5.74, 6) is -0.187. The van der Waals surface area contributed by atoms with E-state index < -0.39 is 0 Å². The standard InChI is InChI=1S/C30H43NO2/c1-7-30(29(3,4)5)17-15-27(16-18-30)31(21-24-11-9-8-10-12-24)22-26-14-13-25(19-23(26)2)20-28(32)33-6/h8-14,19,27H,7,15-18,20-22H2,1-6H3. The Morgan fingerprint density at radius 3 is 2.24 bits per heavy atom. The van der Waals surface area contributed by atoms with Gasteiger partial charge in [0.05, 0.1) is 13.5 Å². The quantitative estimate of drug-likeness (QED) is 0.403. The lowest BCUT2D eigenvalue weighted by Gasteiger charge is -2.50. The summed E-state index contributed by atoms with van der Waals surface area (Å²) in [5, 5.41) is 0. The van der Waals surface area contributed by atoms with E-state index in [2.05, 4.69) is 88.0 Å². The number of methoxy groups -OCH3 is 1. The van der Waals surface area contributed by atoms with Crippen LogP contribution in [0, 0.1) is 17.8 Å². The largest absolute Gasteiger partial charge is 0.469 e. The number of esters is 1. The zero-order valence-corrected chi connectivity index (χ0v) is 21.6. The molecule has 1 fully saturated rings.